The van der Waals surface area contributed by atoms with E-state index in [1.165, 1.54) is 32.4 Å². The molecule has 0 amide bonds. The van der Waals surface area contributed by atoms with Crippen molar-refractivity contribution in [3.8, 4) is 5.75 Å². The first kappa shape index (κ1) is 15.9. The first-order valence-electron chi connectivity index (χ1n) is 7.01. The third kappa shape index (κ3) is 4.78. The molecule has 1 saturated carbocycles. The van der Waals surface area contributed by atoms with E-state index in [1.54, 1.807) is 0 Å². The SMILES string of the molecule is C1C[C@@H]2CNC[C@@H]2C1.CC.Oc1ccc(F)c(F)c1. The number of nitrogens with one attached hydrogen (secondary N) is 1. The van der Waals surface area contributed by atoms with Gasteiger partial charge in [-0.25, -0.2) is 8.78 Å². The zero-order valence-corrected chi connectivity index (χ0v) is 11.6. The van der Waals surface area contributed by atoms with Crippen LogP contribution in [0.4, 0.5) is 8.78 Å². The van der Waals surface area contributed by atoms with Gasteiger partial charge in [-0.2, -0.15) is 0 Å². The van der Waals surface area contributed by atoms with Gasteiger partial charge >= 0.3 is 0 Å². The number of phenols is 1. The van der Waals surface area contributed by atoms with Gasteiger partial charge < -0.3 is 10.4 Å². The molecule has 2 atom stereocenters. The van der Waals surface area contributed by atoms with Crippen LogP contribution in [0, 0.1) is 23.5 Å². The lowest BCUT2D eigenvalue weighted by Crippen LogP contribution is -2.08. The van der Waals surface area contributed by atoms with Gasteiger partial charge in [0.25, 0.3) is 0 Å². The van der Waals surface area contributed by atoms with Crippen LogP contribution < -0.4 is 5.32 Å². The minimum Gasteiger partial charge on any atom is -0.508 e. The molecule has 108 valence electrons. The second kappa shape index (κ2) is 8.10. The minimum absolute atomic E-state index is 0.270. The highest BCUT2D eigenvalue weighted by atomic mass is 19.2. The molecule has 4 heteroatoms. The van der Waals surface area contributed by atoms with Gasteiger partial charge in [-0.15, -0.1) is 0 Å². The summed E-state index contributed by atoms with van der Waals surface area (Å²) in [5, 5.41) is 12.0. The van der Waals surface area contributed by atoms with Crippen molar-refractivity contribution in [1.82, 2.24) is 5.32 Å². The fraction of sp³-hybridized carbons (Fsp3) is 0.600. The molecule has 2 nitrogen and oxygen atoms in total. The number of aromatic hydroxyl groups is 1. The quantitative estimate of drug-likeness (QED) is 0.754. The molecule has 1 saturated heterocycles. The van der Waals surface area contributed by atoms with Crippen molar-refractivity contribution in [2.75, 3.05) is 13.1 Å². The van der Waals surface area contributed by atoms with Gasteiger partial charge in [0.15, 0.2) is 11.6 Å². The van der Waals surface area contributed by atoms with Crippen LogP contribution in [0.2, 0.25) is 0 Å². The summed E-state index contributed by atoms with van der Waals surface area (Å²) in [6.07, 6.45) is 4.49. The summed E-state index contributed by atoms with van der Waals surface area (Å²) >= 11 is 0. The Morgan fingerprint density at radius 3 is 2.11 bits per heavy atom. The Morgan fingerprint density at radius 2 is 1.63 bits per heavy atom. The summed E-state index contributed by atoms with van der Waals surface area (Å²) < 4.78 is 24.1. The lowest BCUT2D eigenvalue weighted by atomic mass is 10.0. The van der Waals surface area contributed by atoms with Gasteiger partial charge in [0.2, 0.25) is 0 Å². The number of halogens is 2. The van der Waals surface area contributed by atoms with Crippen LogP contribution in [0.25, 0.3) is 0 Å². The van der Waals surface area contributed by atoms with Crippen molar-refractivity contribution >= 4 is 0 Å². The van der Waals surface area contributed by atoms with Crippen LogP contribution in [0.3, 0.4) is 0 Å². The molecule has 1 aliphatic carbocycles. The molecule has 0 spiro atoms. The number of fused-ring (bicyclic) bond motifs is 1. The second-order valence-corrected chi connectivity index (χ2v) is 4.71. The monoisotopic (exact) mass is 271 g/mol. The maximum atomic E-state index is 12.0. The molecule has 19 heavy (non-hydrogen) atoms. The van der Waals surface area contributed by atoms with Crippen LogP contribution in [0.5, 0.6) is 5.75 Å². The van der Waals surface area contributed by atoms with Crippen molar-refractivity contribution in [2.24, 2.45) is 11.8 Å². The summed E-state index contributed by atoms with van der Waals surface area (Å²) in [5.41, 5.74) is 0. The van der Waals surface area contributed by atoms with Gasteiger partial charge in [-0.3, -0.25) is 0 Å². The van der Waals surface area contributed by atoms with E-state index in [9.17, 15) is 8.78 Å². The fourth-order valence-electron chi connectivity index (χ4n) is 2.59. The first-order chi connectivity index (χ1) is 9.16. The first-order valence-corrected chi connectivity index (χ1v) is 7.01. The summed E-state index contributed by atoms with van der Waals surface area (Å²) in [5.74, 6) is -0.123. The normalized spacial score (nSPS) is 23.8. The molecule has 0 radical (unpaired) electrons. The van der Waals surface area contributed by atoms with Crippen molar-refractivity contribution < 1.29 is 13.9 Å². The average Bonchev–Trinajstić information content (AvgIpc) is 3.01. The molecule has 2 fully saturated rings. The average molecular weight is 271 g/mol. The van der Waals surface area contributed by atoms with Crippen molar-refractivity contribution in [1.29, 1.82) is 0 Å². The maximum absolute atomic E-state index is 12.0. The molecule has 2 aliphatic rings. The van der Waals surface area contributed by atoms with Gasteiger partial charge in [-0.1, -0.05) is 20.3 Å². The van der Waals surface area contributed by atoms with Crippen LogP contribution in [-0.4, -0.2) is 18.2 Å². The zero-order valence-electron chi connectivity index (χ0n) is 11.6. The van der Waals surface area contributed by atoms with E-state index in [0.29, 0.717) is 0 Å². The van der Waals surface area contributed by atoms with Crippen molar-refractivity contribution in [3.05, 3.63) is 29.8 Å². The topological polar surface area (TPSA) is 32.3 Å². The summed E-state index contributed by atoms with van der Waals surface area (Å²) in [4.78, 5) is 0. The standard InChI is InChI=1S/C7H13N.C6H4F2O.C2H6/c1-2-6-4-8-5-7(6)3-1;7-5-2-1-4(9)3-6(5)8;1-2/h6-8H,1-5H2;1-3,9H;1-2H3/t6-,7+;;. The molecule has 0 unspecified atom stereocenters. The van der Waals surface area contributed by atoms with Gasteiger partial charge in [0.1, 0.15) is 5.75 Å². The maximum Gasteiger partial charge on any atom is 0.162 e. The third-order valence-electron chi connectivity index (χ3n) is 3.53. The predicted octanol–water partition coefficient (Wildman–Crippen LogP) is 3.70. The van der Waals surface area contributed by atoms with Gasteiger partial charge in [0, 0.05) is 6.07 Å². The smallest absolute Gasteiger partial charge is 0.162 e. The molecular formula is C15H23F2NO. The predicted molar refractivity (Wildman–Crippen MR) is 73.1 cm³/mol. The fourth-order valence-corrected chi connectivity index (χ4v) is 2.59. The minimum atomic E-state index is -1.03. The van der Waals surface area contributed by atoms with E-state index in [1.807, 2.05) is 13.8 Å². The molecule has 0 bridgehead atoms. The van der Waals surface area contributed by atoms with E-state index < -0.39 is 11.6 Å². The number of hydrogen-bond acceptors (Lipinski definition) is 2. The van der Waals surface area contributed by atoms with Crippen LogP contribution >= 0.6 is 0 Å². The molecule has 0 aromatic heterocycles. The molecule has 2 N–H and O–H groups in total. The van der Waals surface area contributed by atoms with E-state index in [2.05, 4.69) is 5.32 Å². The van der Waals surface area contributed by atoms with Crippen molar-refractivity contribution in [3.63, 3.8) is 0 Å². The number of hydrogen-bond donors (Lipinski definition) is 2. The number of benzene rings is 1. The van der Waals surface area contributed by atoms with E-state index >= 15 is 0 Å². The molecule has 1 aromatic carbocycles. The van der Waals surface area contributed by atoms with Crippen LogP contribution in [-0.2, 0) is 0 Å². The van der Waals surface area contributed by atoms with E-state index in [-0.39, 0.29) is 5.75 Å². The highest BCUT2D eigenvalue weighted by molar-refractivity contribution is 5.21. The Labute approximate surface area is 113 Å². The Balaban J connectivity index is 0.000000169. The lowest BCUT2D eigenvalue weighted by molar-refractivity contribution is 0.455. The molecule has 3 rings (SSSR count). The summed E-state index contributed by atoms with van der Waals surface area (Å²) in [6, 6.07) is 2.67. The second-order valence-electron chi connectivity index (χ2n) is 4.71. The molecule has 1 aromatic rings. The number of rotatable bonds is 0. The Morgan fingerprint density at radius 1 is 1.05 bits per heavy atom. The van der Waals surface area contributed by atoms with E-state index in [0.717, 1.165) is 30.0 Å². The molecular weight excluding hydrogens is 248 g/mol. The number of phenolic OH excluding ortho intramolecular Hbond substituents is 1. The van der Waals surface area contributed by atoms with Crippen LogP contribution in [0.15, 0.2) is 18.2 Å². The highest BCUT2D eigenvalue weighted by Crippen LogP contribution is 2.33. The zero-order chi connectivity index (χ0) is 14.3. The summed E-state index contributed by atoms with van der Waals surface area (Å²) in [7, 11) is 0. The Hall–Kier alpha value is -1.16. The largest absolute Gasteiger partial charge is 0.508 e. The Kier molecular flexibility index (Phi) is 6.78. The molecule has 1 heterocycles. The van der Waals surface area contributed by atoms with E-state index in [4.69, 9.17) is 5.11 Å². The Bertz CT molecular complexity index is 364. The highest BCUT2D eigenvalue weighted by Gasteiger charge is 2.30. The van der Waals surface area contributed by atoms with Crippen LogP contribution in [0.1, 0.15) is 33.1 Å². The van der Waals surface area contributed by atoms with Crippen molar-refractivity contribution in [2.45, 2.75) is 33.1 Å². The molecule has 1 aliphatic heterocycles. The lowest BCUT2D eigenvalue weighted by Gasteiger charge is -2.02. The van der Waals surface area contributed by atoms with Gasteiger partial charge in [0.05, 0.1) is 0 Å². The van der Waals surface area contributed by atoms with Gasteiger partial charge in [-0.05, 0) is 49.9 Å². The third-order valence-corrected chi connectivity index (χ3v) is 3.53. The summed E-state index contributed by atoms with van der Waals surface area (Å²) in [6.45, 7) is 6.62.